The van der Waals surface area contributed by atoms with Gasteiger partial charge in [-0.2, -0.15) is 0 Å². The summed E-state index contributed by atoms with van der Waals surface area (Å²) in [6.45, 7) is 3.74. The fraction of sp³-hybridized carbons (Fsp3) is 0.286. The SMILES string of the molecule is CCOC(=O)C(C(=S)Nc1ccccc1)=C(O)OCC.[Na]. The van der Waals surface area contributed by atoms with Crippen molar-refractivity contribution < 1.29 is 19.4 Å². The molecule has 0 saturated heterocycles. The first-order chi connectivity index (χ1) is 9.60. The van der Waals surface area contributed by atoms with Gasteiger partial charge in [-0.05, 0) is 26.0 Å². The summed E-state index contributed by atoms with van der Waals surface area (Å²) in [6.07, 6.45) is 0. The number of benzene rings is 1. The minimum absolute atomic E-state index is 0. The second kappa shape index (κ2) is 10.6. The molecule has 0 aliphatic heterocycles. The van der Waals surface area contributed by atoms with E-state index >= 15 is 0 Å². The van der Waals surface area contributed by atoms with Crippen LogP contribution in [0.25, 0.3) is 0 Å². The minimum atomic E-state index is -0.730. The molecule has 1 rings (SSSR count). The number of carbonyl (C=O) groups is 1. The predicted octanol–water partition coefficient (Wildman–Crippen LogP) is 2.41. The summed E-state index contributed by atoms with van der Waals surface area (Å²) in [7, 11) is 0. The van der Waals surface area contributed by atoms with Gasteiger partial charge in [0.15, 0.2) is 5.57 Å². The first-order valence-electron chi connectivity index (χ1n) is 6.19. The Morgan fingerprint density at radius 3 is 2.29 bits per heavy atom. The summed E-state index contributed by atoms with van der Waals surface area (Å²) >= 11 is 5.13. The van der Waals surface area contributed by atoms with Crippen LogP contribution < -0.4 is 5.32 Å². The summed E-state index contributed by atoms with van der Waals surface area (Å²) in [5, 5.41) is 12.6. The molecule has 0 aliphatic carbocycles. The Labute approximate surface area is 151 Å². The number of aliphatic hydroxyl groups excluding tert-OH is 1. The normalized spacial score (nSPS) is 10.8. The average Bonchev–Trinajstić information content (AvgIpc) is 2.40. The molecule has 0 aromatic heterocycles. The molecular formula is C14H17NNaO4S. The first-order valence-corrected chi connectivity index (χ1v) is 6.60. The molecule has 7 heteroatoms. The van der Waals surface area contributed by atoms with Crippen molar-refractivity contribution in [1.29, 1.82) is 0 Å². The predicted molar refractivity (Wildman–Crippen MR) is 86.3 cm³/mol. The number of carbonyl (C=O) groups excluding carboxylic acids is 1. The van der Waals surface area contributed by atoms with Crippen LogP contribution in [0.5, 0.6) is 0 Å². The largest absolute Gasteiger partial charge is 0.480 e. The van der Waals surface area contributed by atoms with E-state index in [2.05, 4.69) is 5.32 Å². The third kappa shape index (κ3) is 6.48. The zero-order valence-corrected chi connectivity index (χ0v) is 15.2. The van der Waals surface area contributed by atoms with Gasteiger partial charge in [0.05, 0.1) is 13.2 Å². The van der Waals surface area contributed by atoms with E-state index in [1.54, 1.807) is 26.0 Å². The number of nitrogens with one attached hydrogen (secondary N) is 1. The molecule has 0 spiro atoms. The minimum Gasteiger partial charge on any atom is -0.480 e. The van der Waals surface area contributed by atoms with Gasteiger partial charge >= 0.3 is 5.97 Å². The molecule has 0 heterocycles. The van der Waals surface area contributed by atoms with E-state index in [1.807, 2.05) is 18.2 Å². The molecule has 5 nitrogen and oxygen atoms in total. The van der Waals surface area contributed by atoms with Crippen LogP contribution in [0.15, 0.2) is 41.9 Å². The van der Waals surface area contributed by atoms with Gasteiger partial charge in [0.1, 0.15) is 4.99 Å². The van der Waals surface area contributed by atoms with Crippen LogP contribution in [-0.4, -0.2) is 58.8 Å². The topological polar surface area (TPSA) is 67.8 Å². The molecule has 0 amide bonds. The van der Waals surface area contributed by atoms with Gasteiger partial charge in [-0.3, -0.25) is 0 Å². The zero-order chi connectivity index (χ0) is 15.0. The summed E-state index contributed by atoms with van der Waals surface area (Å²) in [4.78, 5) is 11.9. The van der Waals surface area contributed by atoms with Gasteiger partial charge in [-0.25, -0.2) is 4.79 Å². The smallest absolute Gasteiger partial charge is 0.348 e. The molecule has 0 aliphatic rings. The maximum absolute atomic E-state index is 11.8. The number of esters is 1. The number of para-hydroxylation sites is 1. The maximum Gasteiger partial charge on any atom is 0.348 e. The van der Waals surface area contributed by atoms with Gasteiger partial charge in [-0.1, -0.05) is 30.4 Å². The van der Waals surface area contributed by atoms with Crippen molar-refractivity contribution in [3.8, 4) is 0 Å². The molecule has 109 valence electrons. The van der Waals surface area contributed by atoms with E-state index in [4.69, 9.17) is 21.7 Å². The number of rotatable bonds is 6. The fourth-order valence-corrected chi connectivity index (χ4v) is 1.69. The number of hydrogen-bond acceptors (Lipinski definition) is 5. The van der Waals surface area contributed by atoms with E-state index in [9.17, 15) is 9.90 Å². The monoisotopic (exact) mass is 318 g/mol. The summed E-state index contributed by atoms with van der Waals surface area (Å²) in [5.41, 5.74) is 0.510. The molecule has 0 saturated carbocycles. The molecule has 0 unspecified atom stereocenters. The van der Waals surface area contributed by atoms with Gasteiger partial charge in [0.25, 0.3) is 5.95 Å². The number of thiocarbonyl (C=S) groups is 1. The van der Waals surface area contributed by atoms with Crippen LogP contribution in [0.1, 0.15) is 13.8 Å². The Morgan fingerprint density at radius 1 is 1.19 bits per heavy atom. The van der Waals surface area contributed by atoms with Crippen molar-refractivity contribution in [3.63, 3.8) is 0 Å². The van der Waals surface area contributed by atoms with Crippen molar-refractivity contribution in [2.24, 2.45) is 0 Å². The standard InChI is InChI=1S/C14H17NO4S.Na/c1-3-18-13(16)11(14(17)19-4-2)12(20)15-10-8-6-5-7-9-10;/h5-9,16H,3-4H2,1-2H3,(H,15,20);. The van der Waals surface area contributed by atoms with Crippen molar-refractivity contribution in [2.75, 3.05) is 18.5 Å². The number of hydrogen-bond donors (Lipinski definition) is 2. The van der Waals surface area contributed by atoms with Crippen LogP contribution >= 0.6 is 12.2 Å². The van der Waals surface area contributed by atoms with Crippen molar-refractivity contribution in [1.82, 2.24) is 0 Å². The Balaban J connectivity index is 0.00000400. The van der Waals surface area contributed by atoms with Gasteiger partial charge in [0, 0.05) is 35.2 Å². The molecule has 1 radical (unpaired) electrons. The van der Waals surface area contributed by atoms with E-state index in [-0.39, 0.29) is 53.3 Å². The van der Waals surface area contributed by atoms with Crippen LogP contribution in [0, 0.1) is 0 Å². The van der Waals surface area contributed by atoms with E-state index in [1.165, 1.54) is 0 Å². The molecule has 1 aromatic rings. The van der Waals surface area contributed by atoms with Gasteiger partial charge in [0.2, 0.25) is 0 Å². The summed E-state index contributed by atoms with van der Waals surface area (Å²) in [5.74, 6) is -1.27. The number of aliphatic hydroxyl groups is 1. The average molecular weight is 318 g/mol. The van der Waals surface area contributed by atoms with Crippen molar-refractivity contribution in [3.05, 3.63) is 41.9 Å². The van der Waals surface area contributed by atoms with Crippen LogP contribution in [-0.2, 0) is 14.3 Å². The summed E-state index contributed by atoms with van der Waals surface area (Å²) < 4.78 is 9.80. The second-order valence-electron chi connectivity index (χ2n) is 3.65. The Kier molecular flexibility index (Phi) is 10.1. The van der Waals surface area contributed by atoms with Crippen molar-refractivity contribution in [2.45, 2.75) is 13.8 Å². The Bertz CT molecular complexity index is 505. The Morgan fingerprint density at radius 2 is 1.76 bits per heavy atom. The Hall–Kier alpha value is -1.08. The molecule has 2 N–H and O–H groups in total. The van der Waals surface area contributed by atoms with Crippen LogP contribution in [0.3, 0.4) is 0 Å². The van der Waals surface area contributed by atoms with E-state index in [0.717, 1.165) is 0 Å². The van der Waals surface area contributed by atoms with E-state index in [0.29, 0.717) is 5.69 Å². The molecule has 0 atom stereocenters. The van der Waals surface area contributed by atoms with Crippen molar-refractivity contribution >= 4 is 58.4 Å². The molecule has 0 fully saturated rings. The number of anilines is 1. The molecule has 0 bridgehead atoms. The molecule has 21 heavy (non-hydrogen) atoms. The second-order valence-corrected chi connectivity index (χ2v) is 4.06. The number of ether oxygens (including phenoxy) is 2. The third-order valence-electron chi connectivity index (χ3n) is 2.23. The quantitative estimate of drug-likeness (QED) is 0.276. The third-order valence-corrected chi connectivity index (χ3v) is 2.54. The van der Waals surface area contributed by atoms with Gasteiger partial charge in [-0.15, -0.1) is 0 Å². The summed E-state index contributed by atoms with van der Waals surface area (Å²) in [6, 6.07) is 9.07. The zero-order valence-electron chi connectivity index (χ0n) is 12.4. The van der Waals surface area contributed by atoms with Crippen LogP contribution in [0.2, 0.25) is 0 Å². The fourth-order valence-electron chi connectivity index (χ4n) is 1.40. The molecular weight excluding hydrogens is 301 g/mol. The maximum atomic E-state index is 11.8. The molecule has 1 aromatic carbocycles. The van der Waals surface area contributed by atoms with Gasteiger partial charge < -0.3 is 19.9 Å². The van der Waals surface area contributed by atoms with E-state index < -0.39 is 11.9 Å². The van der Waals surface area contributed by atoms with Crippen LogP contribution in [0.4, 0.5) is 5.69 Å². The first kappa shape index (κ1) is 19.9.